The lowest BCUT2D eigenvalue weighted by atomic mass is 9.12. The Morgan fingerprint density at radius 1 is 0.362 bits per heavy atom. The van der Waals surface area contributed by atoms with Crippen molar-refractivity contribution in [2.75, 3.05) is 12.5 Å². The molecule has 3 nitrogen and oxygen atoms in total. The summed E-state index contributed by atoms with van der Waals surface area (Å²) in [6, 6.07) is 19.8. The van der Waals surface area contributed by atoms with Gasteiger partial charge in [0, 0.05) is 21.7 Å². The molecule has 0 saturated heterocycles. The summed E-state index contributed by atoms with van der Waals surface area (Å²) < 4.78 is 294. The maximum Gasteiger partial charge on any atom is 0.285 e. The Labute approximate surface area is 373 Å². The summed E-state index contributed by atoms with van der Waals surface area (Å²) in [6.45, 7) is 0. The average Bonchev–Trinajstić information content (AvgIpc) is 3.32. The third-order valence-electron chi connectivity index (χ3n) is 11.1. The number of hydrogen-bond acceptors (Lipinski definition) is 2. The van der Waals surface area contributed by atoms with E-state index >= 15 is 35.1 Å². The van der Waals surface area contributed by atoms with E-state index in [9.17, 15) is 62.8 Å². The number of nitro groups is 1. The molecule has 0 aliphatic heterocycles. The Bertz CT molecular complexity index is 3150. The lowest BCUT2D eigenvalue weighted by Crippen LogP contribution is -2.81. The van der Waals surface area contributed by atoms with Crippen LogP contribution in [0.5, 0.6) is 0 Å². The monoisotopic (exact) mass is 1010 g/mol. The van der Waals surface area contributed by atoms with Crippen molar-refractivity contribution < 1.29 is 92.7 Å². The van der Waals surface area contributed by atoms with Gasteiger partial charge in [-0.15, -0.1) is 21.9 Å². The maximum atomic E-state index is 15.4. The average molecular weight is 1010 g/mol. The molecule has 8 rings (SSSR count). The molecule has 358 valence electrons. The van der Waals surface area contributed by atoms with Gasteiger partial charge in [0.05, 0.1) is 15.7 Å². The van der Waals surface area contributed by atoms with Crippen molar-refractivity contribution in [3.8, 4) is 0 Å². The Kier molecular flexibility index (Phi) is 12.9. The number of nitro benzene ring substituents is 1. The highest BCUT2D eigenvalue weighted by Crippen LogP contribution is 2.41. The van der Waals surface area contributed by atoms with Crippen LogP contribution in [0.2, 0.25) is 0 Å². The summed E-state index contributed by atoms with van der Waals surface area (Å²) in [5.74, 6) is -71.4. The first-order valence-electron chi connectivity index (χ1n) is 18.6. The normalized spacial score (nSPS) is 11.9. The zero-order valence-corrected chi connectivity index (χ0v) is 34.4. The highest BCUT2D eigenvalue weighted by molar-refractivity contribution is 7.96. The molecular formula is C44H16BF20NO2S. The Hall–Kier alpha value is -7.05. The molecule has 8 aromatic rings. The summed E-state index contributed by atoms with van der Waals surface area (Å²) in [5, 5.41) is 17.4. The van der Waals surface area contributed by atoms with E-state index in [-0.39, 0.29) is 21.5 Å². The van der Waals surface area contributed by atoms with E-state index < -0.39 is 144 Å². The summed E-state index contributed by atoms with van der Waals surface area (Å²) in [7, 11) is -0.0151. The van der Waals surface area contributed by atoms with Crippen molar-refractivity contribution in [3.63, 3.8) is 0 Å². The number of non-ortho nitro benzene ring substituents is 1. The van der Waals surface area contributed by atoms with E-state index in [2.05, 4.69) is 24.6 Å². The van der Waals surface area contributed by atoms with Gasteiger partial charge in [0.1, 0.15) is 65.2 Å². The second kappa shape index (κ2) is 17.8. The standard InChI is InChI=1S/C24BF20.C20H16NO2S/c26-5-1(6(27)14(35)21(42)13(5)34)25(2-7(28)15(36)22(43)16(37)8(2)29,3-9(30)17(38)23(44)18(39)10(3)31)4-11(32)19(40)24(45)20(41)12(4)33;1-24(2)20-16-10-6-4-8-14(16)11-17-18(20)12-13-7-3-5-9-15(13)19(17)21(22)23/h;3-12H,1-2H3/q-1;+1. The fourth-order valence-electron chi connectivity index (χ4n) is 8.32. The molecule has 0 aliphatic rings. The zero-order valence-electron chi connectivity index (χ0n) is 33.6. The smallest absolute Gasteiger partial charge is 0.258 e. The van der Waals surface area contributed by atoms with Crippen LogP contribution >= 0.6 is 0 Å². The molecule has 8 aromatic carbocycles. The van der Waals surface area contributed by atoms with E-state index in [0.717, 1.165) is 21.5 Å². The minimum Gasteiger partial charge on any atom is -0.258 e. The molecule has 0 saturated carbocycles. The fourth-order valence-corrected chi connectivity index (χ4v) is 9.55. The van der Waals surface area contributed by atoms with Gasteiger partial charge in [0.25, 0.3) is 5.69 Å². The number of halogens is 20. The molecule has 0 aliphatic carbocycles. The van der Waals surface area contributed by atoms with E-state index in [1.54, 1.807) is 0 Å². The molecule has 0 heterocycles. The number of hydrogen-bond donors (Lipinski definition) is 0. The van der Waals surface area contributed by atoms with E-state index in [4.69, 9.17) is 0 Å². The molecule has 0 amide bonds. The van der Waals surface area contributed by atoms with Crippen molar-refractivity contribution in [2.45, 2.75) is 4.90 Å². The molecule has 0 unspecified atom stereocenters. The maximum absolute atomic E-state index is 15.4. The van der Waals surface area contributed by atoms with Gasteiger partial charge in [0.2, 0.25) is 0 Å². The van der Waals surface area contributed by atoms with Crippen LogP contribution < -0.4 is 21.9 Å². The Morgan fingerprint density at radius 2 is 0.609 bits per heavy atom. The lowest BCUT2D eigenvalue weighted by Gasteiger charge is -2.44. The van der Waals surface area contributed by atoms with Crippen molar-refractivity contribution in [2.24, 2.45) is 0 Å². The highest BCUT2D eigenvalue weighted by Gasteiger charge is 2.52. The number of fused-ring (bicyclic) bond motifs is 3. The van der Waals surface area contributed by atoms with E-state index in [0.29, 0.717) is 5.39 Å². The first-order valence-corrected chi connectivity index (χ1v) is 20.6. The summed E-state index contributed by atoms with van der Waals surface area (Å²) in [4.78, 5) is 12.8. The Morgan fingerprint density at radius 3 is 0.899 bits per heavy atom. The zero-order chi connectivity index (χ0) is 51.2. The van der Waals surface area contributed by atoms with E-state index in [1.165, 1.54) is 10.3 Å². The largest absolute Gasteiger partial charge is 0.285 e. The number of nitrogens with zero attached hydrogens (tertiary/aromatic N) is 1. The van der Waals surface area contributed by atoms with Gasteiger partial charge in [-0.25, -0.2) is 87.8 Å². The van der Waals surface area contributed by atoms with Crippen molar-refractivity contribution in [1.29, 1.82) is 0 Å². The van der Waals surface area contributed by atoms with Gasteiger partial charge < -0.3 is 0 Å². The number of rotatable bonds is 6. The molecule has 0 radical (unpaired) electrons. The van der Waals surface area contributed by atoms with Crippen LogP contribution in [0.15, 0.2) is 65.6 Å². The third-order valence-corrected chi connectivity index (χ3v) is 12.4. The minimum atomic E-state index is -7.22. The third kappa shape index (κ3) is 7.25. The predicted octanol–water partition coefficient (Wildman–Crippen LogP) is 11.1. The quantitative estimate of drug-likeness (QED) is 0.0243. The van der Waals surface area contributed by atoms with Crippen molar-refractivity contribution in [3.05, 3.63) is 187 Å². The molecule has 69 heavy (non-hydrogen) atoms. The second-order valence-electron chi connectivity index (χ2n) is 14.8. The molecule has 0 spiro atoms. The van der Waals surface area contributed by atoms with Crippen LogP contribution in [-0.4, -0.2) is 23.6 Å². The van der Waals surface area contributed by atoms with Crippen molar-refractivity contribution in [1.82, 2.24) is 0 Å². The minimum absolute atomic E-state index is 0.0151. The summed E-state index contributed by atoms with van der Waals surface area (Å²) in [6.07, 6.45) is -2.88. The molecule has 0 N–H and O–H groups in total. The lowest BCUT2D eigenvalue weighted by molar-refractivity contribution is -0.381. The van der Waals surface area contributed by atoms with Crippen LogP contribution in [0.3, 0.4) is 0 Å². The van der Waals surface area contributed by atoms with E-state index in [1.807, 2.05) is 48.5 Å². The van der Waals surface area contributed by atoms with Crippen LogP contribution in [0.25, 0.3) is 32.3 Å². The van der Waals surface area contributed by atoms with Gasteiger partial charge >= 0.3 is 0 Å². The van der Waals surface area contributed by atoms with Crippen LogP contribution in [-0.2, 0) is 10.9 Å². The van der Waals surface area contributed by atoms with Gasteiger partial charge in [0.15, 0.2) is 74.7 Å². The molecule has 0 bridgehead atoms. The van der Waals surface area contributed by atoms with Crippen molar-refractivity contribution >= 4 is 76.9 Å². The van der Waals surface area contributed by atoms with Gasteiger partial charge in [-0.1, -0.05) is 36.4 Å². The van der Waals surface area contributed by atoms with Gasteiger partial charge in [-0.05, 0) is 35.0 Å². The first-order chi connectivity index (χ1) is 32.3. The Balaban J connectivity index is 0.000000244. The molecule has 0 atom stereocenters. The molecular weight excluding hydrogens is 997 g/mol. The van der Waals surface area contributed by atoms with Crippen LogP contribution in [0, 0.1) is 126 Å². The summed E-state index contributed by atoms with van der Waals surface area (Å²) in [5.41, 5.74) is -14.1. The van der Waals surface area contributed by atoms with Crippen LogP contribution in [0.1, 0.15) is 0 Å². The number of benzene rings is 8. The first kappa shape index (κ1) is 49.8. The molecule has 0 fully saturated rings. The van der Waals surface area contributed by atoms with Crippen LogP contribution in [0.4, 0.5) is 93.5 Å². The molecule has 25 heteroatoms. The van der Waals surface area contributed by atoms with Gasteiger partial charge in [-0.2, -0.15) is 0 Å². The SMILES string of the molecule is C[S+](C)c1c2ccccc2cc2c([N+](=O)[O-])c3ccccc3cc12.Fc1c(F)c(F)c([B-](c2c(F)c(F)c(F)c(F)c2F)(c2c(F)c(F)c(F)c(F)c2F)c2c(F)c(F)c(F)c(F)c2F)c(F)c1F. The fraction of sp³-hybridized carbons (Fsp3) is 0.0455. The highest BCUT2D eigenvalue weighted by atomic mass is 32.2. The topological polar surface area (TPSA) is 43.1 Å². The molecule has 0 aromatic heterocycles. The summed E-state index contributed by atoms with van der Waals surface area (Å²) >= 11 is 0. The second-order valence-corrected chi connectivity index (χ2v) is 16.9. The predicted molar refractivity (Wildman–Crippen MR) is 212 cm³/mol. The van der Waals surface area contributed by atoms with Gasteiger partial charge in [-0.3, -0.25) is 10.1 Å².